The van der Waals surface area contributed by atoms with Gasteiger partial charge in [-0.3, -0.25) is 9.98 Å². The van der Waals surface area contributed by atoms with Crippen LogP contribution in [0, 0.1) is 6.92 Å². The van der Waals surface area contributed by atoms with Crippen LogP contribution >= 0.6 is 0 Å². The summed E-state index contributed by atoms with van der Waals surface area (Å²) in [4.78, 5) is 24.8. The summed E-state index contributed by atoms with van der Waals surface area (Å²) in [7, 11) is 0. The third kappa shape index (κ3) is 2.49. The Morgan fingerprint density at radius 1 is 1.32 bits per heavy atom. The van der Waals surface area contributed by atoms with Gasteiger partial charge in [-0.25, -0.2) is 4.79 Å². The number of imidazole rings is 1. The zero-order chi connectivity index (χ0) is 15.7. The molecule has 0 aliphatic rings. The highest BCUT2D eigenvalue weighted by atomic mass is 16.3. The van der Waals surface area contributed by atoms with Crippen molar-refractivity contribution in [2.45, 2.75) is 13.5 Å². The highest BCUT2D eigenvalue weighted by molar-refractivity contribution is 5.88. The summed E-state index contributed by atoms with van der Waals surface area (Å²) in [6.45, 7) is 1.43. The van der Waals surface area contributed by atoms with Crippen LogP contribution in [0.2, 0.25) is 0 Å². The number of benzene rings is 1. The van der Waals surface area contributed by atoms with Crippen LogP contribution in [0.3, 0.4) is 0 Å². The largest absolute Gasteiger partial charge is 0.505 e. The fourth-order valence-electron chi connectivity index (χ4n) is 2.16. The second kappa shape index (κ2) is 5.45. The first-order chi connectivity index (χ1) is 10.6. The van der Waals surface area contributed by atoms with Crippen LogP contribution in [0.25, 0.3) is 11.0 Å². The Bertz CT molecular complexity index is 924. The Hall–Kier alpha value is -2.93. The third-order valence-electron chi connectivity index (χ3n) is 3.37. The van der Waals surface area contributed by atoms with E-state index < -0.39 is 0 Å². The number of aliphatic imine (C=N–C) groups is 1. The topological polar surface area (TPSA) is 114 Å². The van der Waals surface area contributed by atoms with E-state index in [-0.39, 0.29) is 18.0 Å². The molecule has 4 N–H and O–H groups in total. The van der Waals surface area contributed by atoms with Gasteiger partial charge in [0, 0.05) is 23.5 Å². The second-order valence-corrected chi connectivity index (χ2v) is 4.86. The maximum absolute atomic E-state index is 11.2. The molecule has 7 heteroatoms. The van der Waals surface area contributed by atoms with E-state index in [1.165, 1.54) is 12.4 Å². The predicted octanol–water partition coefficient (Wildman–Crippen LogP) is 1.51. The zero-order valence-electron chi connectivity index (χ0n) is 11.8. The van der Waals surface area contributed by atoms with E-state index in [1.54, 1.807) is 25.1 Å². The molecule has 0 saturated carbocycles. The molecule has 0 saturated heterocycles. The SMILES string of the molecule is Cc1ncc(CO)c(C=Nc2ccc3[nH]c(=O)[nH]c3c2)c1O. The van der Waals surface area contributed by atoms with Crippen LogP contribution in [0.4, 0.5) is 5.69 Å². The molecule has 0 aliphatic heterocycles. The number of hydrogen-bond donors (Lipinski definition) is 4. The molecule has 3 aromatic rings. The molecule has 0 amide bonds. The van der Waals surface area contributed by atoms with Crippen molar-refractivity contribution in [2.24, 2.45) is 4.99 Å². The molecule has 0 bridgehead atoms. The van der Waals surface area contributed by atoms with Gasteiger partial charge in [-0.15, -0.1) is 0 Å². The smallest absolute Gasteiger partial charge is 0.323 e. The Morgan fingerprint density at radius 2 is 2.09 bits per heavy atom. The predicted molar refractivity (Wildman–Crippen MR) is 82.7 cm³/mol. The third-order valence-corrected chi connectivity index (χ3v) is 3.37. The number of aromatic hydroxyl groups is 1. The molecule has 0 unspecified atom stereocenters. The quantitative estimate of drug-likeness (QED) is 0.549. The van der Waals surface area contributed by atoms with Crippen molar-refractivity contribution >= 4 is 22.9 Å². The number of aliphatic hydroxyl groups is 1. The molecule has 0 aliphatic carbocycles. The molecule has 22 heavy (non-hydrogen) atoms. The molecule has 0 radical (unpaired) electrons. The highest BCUT2D eigenvalue weighted by Crippen LogP contribution is 2.23. The van der Waals surface area contributed by atoms with E-state index in [1.807, 2.05) is 0 Å². The van der Waals surface area contributed by atoms with Crippen molar-refractivity contribution in [2.75, 3.05) is 0 Å². The summed E-state index contributed by atoms with van der Waals surface area (Å²) in [5.74, 6) is -0.00794. The average molecular weight is 298 g/mol. The maximum Gasteiger partial charge on any atom is 0.323 e. The van der Waals surface area contributed by atoms with E-state index >= 15 is 0 Å². The first-order valence-electron chi connectivity index (χ1n) is 6.63. The van der Waals surface area contributed by atoms with Gasteiger partial charge < -0.3 is 20.2 Å². The monoisotopic (exact) mass is 298 g/mol. The molecular weight excluding hydrogens is 284 g/mol. The van der Waals surface area contributed by atoms with Gasteiger partial charge >= 0.3 is 5.69 Å². The van der Waals surface area contributed by atoms with Crippen LogP contribution in [-0.4, -0.2) is 31.4 Å². The lowest BCUT2D eigenvalue weighted by Crippen LogP contribution is -1.99. The summed E-state index contributed by atoms with van der Waals surface area (Å²) in [6, 6.07) is 5.20. The normalized spacial score (nSPS) is 11.5. The number of nitrogens with one attached hydrogen (secondary N) is 2. The molecule has 0 fully saturated rings. The molecule has 0 spiro atoms. The summed E-state index contributed by atoms with van der Waals surface area (Å²) in [6.07, 6.45) is 2.98. The van der Waals surface area contributed by atoms with Gasteiger partial charge in [-0.05, 0) is 25.1 Å². The lowest BCUT2D eigenvalue weighted by Gasteiger charge is -2.06. The van der Waals surface area contributed by atoms with Gasteiger partial charge in [-0.2, -0.15) is 0 Å². The minimum atomic E-state index is -0.277. The molecule has 2 aromatic heterocycles. The summed E-state index contributed by atoms with van der Waals surface area (Å²) in [5, 5.41) is 19.4. The first-order valence-corrected chi connectivity index (χ1v) is 6.63. The van der Waals surface area contributed by atoms with Gasteiger partial charge in [0.15, 0.2) is 0 Å². The average Bonchev–Trinajstić information content (AvgIpc) is 2.88. The van der Waals surface area contributed by atoms with Crippen molar-refractivity contribution < 1.29 is 10.2 Å². The minimum Gasteiger partial charge on any atom is -0.505 e. The van der Waals surface area contributed by atoms with Gasteiger partial charge in [0.25, 0.3) is 0 Å². The number of rotatable bonds is 3. The van der Waals surface area contributed by atoms with Crippen molar-refractivity contribution in [3.05, 3.63) is 51.7 Å². The fraction of sp³-hybridized carbons (Fsp3) is 0.133. The van der Waals surface area contributed by atoms with Gasteiger partial charge in [0.1, 0.15) is 5.75 Å². The van der Waals surface area contributed by atoms with Crippen LogP contribution in [0.5, 0.6) is 5.75 Å². The first kappa shape index (κ1) is 14.0. The van der Waals surface area contributed by atoms with E-state index in [4.69, 9.17) is 0 Å². The number of nitrogens with zero attached hydrogens (tertiary/aromatic N) is 2. The Labute approximate surface area is 125 Å². The van der Waals surface area contributed by atoms with E-state index in [9.17, 15) is 15.0 Å². The zero-order valence-corrected chi connectivity index (χ0v) is 11.8. The molecular formula is C15H14N4O3. The van der Waals surface area contributed by atoms with Crippen molar-refractivity contribution in [3.8, 4) is 5.75 Å². The maximum atomic E-state index is 11.2. The number of aryl methyl sites for hydroxylation is 1. The second-order valence-electron chi connectivity index (χ2n) is 4.86. The summed E-state index contributed by atoms with van der Waals surface area (Å²) >= 11 is 0. The molecule has 2 heterocycles. The van der Waals surface area contributed by atoms with Gasteiger partial charge in [-0.1, -0.05) is 0 Å². The van der Waals surface area contributed by atoms with Crippen LogP contribution in [-0.2, 0) is 6.61 Å². The number of hydrogen-bond acceptors (Lipinski definition) is 5. The van der Waals surface area contributed by atoms with Crippen molar-refractivity contribution in [1.29, 1.82) is 0 Å². The van der Waals surface area contributed by atoms with Crippen LogP contribution < -0.4 is 5.69 Å². The molecule has 3 rings (SSSR count). The number of fused-ring (bicyclic) bond motifs is 1. The molecule has 1 aromatic carbocycles. The Kier molecular flexibility index (Phi) is 3.48. The van der Waals surface area contributed by atoms with E-state index in [0.717, 1.165) is 0 Å². The van der Waals surface area contributed by atoms with Gasteiger partial charge in [0.05, 0.1) is 29.0 Å². The van der Waals surface area contributed by atoms with E-state index in [0.29, 0.717) is 33.5 Å². The number of aromatic amines is 2. The molecule has 0 atom stereocenters. The Morgan fingerprint density at radius 3 is 2.86 bits per heavy atom. The lowest BCUT2D eigenvalue weighted by atomic mass is 10.1. The standard InChI is InChI=1S/C15H14N4O3/c1-8-14(21)11(9(7-20)5-16-8)6-17-10-2-3-12-13(4-10)19-15(22)18-12/h2-6,20-21H,7H2,1H3,(H2,18,19,22). The van der Waals surface area contributed by atoms with E-state index in [2.05, 4.69) is 19.9 Å². The van der Waals surface area contributed by atoms with Crippen LogP contribution in [0.1, 0.15) is 16.8 Å². The number of aromatic nitrogens is 3. The van der Waals surface area contributed by atoms with Crippen molar-refractivity contribution in [1.82, 2.24) is 15.0 Å². The minimum absolute atomic E-state index is 0.00794. The Balaban J connectivity index is 2.02. The summed E-state index contributed by atoms with van der Waals surface area (Å²) < 4.78 is 0. The molecule has 112 valence electrons. The molecule has 7 nitrogen and oxygen atoms in total. The number of pyridine rings is 1. The van der Waals surface area contributed by atoms with Crippen molar-refractivity contribution in [3.63, 3.8) is 0 Å². The highest BCUT2D eigenvalue weighted by Gasteiger charge is 2.09. The summed E-state index contributed by atoms with van der Waals surface area (Å²) in [5.41, 5.74) is 3.06. The number of H-pyrrole nitrogens is 2. The van der Waals surface area contributed by atoms with Crippen LogP contribution in [0.15, 0.2) is 34.2 Å². The number of aliphatic hydroxyl groups excluding tert-OH is 1. The fourth-order valence-corrected chi connectivity index (χ4v) is 2.16. The lowest BCUT2D eigenvalue weighted by molar-refractivity contribution is 0.280. The van der Waals surface area contributed by atoms with Gasteiger partial charge in [0.2, 0.25) is 0 Å².